The molecule has 2 aliphatic heterocycles. The van der Waals surface area contributed by atoms with Gasteiger partial charge in [0.1, 0.15) is 0 Å². The fourth-order valence-corrected chi connectivity index (χ4v) is 3.56. The summed E-state index contributed by atoms with van der Waals surface area (Å²) < 4.78 is 5.81. The lowest BCUT2D eigenvalue weighted by molar-refractivity contribution is -0.528. The Morgan fingerprint density at radius 1 is 1.24 bits per heavy atom. The molecule has 0 spiro atoms. The summed E-state index contributed by atoms with van der Waals surface area (Å²) in [4.78, 5) is 13.5. The molecule has 21 heavy (non-hydrogen) atoms. The second kappa shape index (κ2) is 6.54. The van der Waals surface area contributed by atoms with Gasteiger partial charge >= 0.3 is 0 Å². The maximum atomic E-state index is 11.4. The first kappa shape index (κ1) is 14.5. The van der Waals surface area contributed by atoms with Gasteiger partial charge < -0.3 is 4.74 Å². The summed E-state index contributed by atoms with van der Waals surface area (Å²) in [6.07, 6.45) is 3.24. The minimum atomic E-state index is -0.489. The Labute approximate surface area is 125 Å². The first-order chi connectivity index (χ1) is 10.2. The minimum absolute atomic E-state index is 0.0315. The predicted molar refractivity (Wildman–Crippen MR) is 79.6 cm³/mol. The second-order valence-electron chi connectivity index (χ2n) is 6.10. The van der Waals surface area contributed by atoms with E-state index in [9.17, 15) is 10.1 Å². The number of nitrogens with zero attached hydrogens (tertiary/aromatic N) is 2. The van der Waals surface area contributed by atoms with Gasteiger partial charge in [-0.3, -0.25) is 15.0 Å². The molecule has 2 fully saturated rings. The highest BCUT2D eigenvalue weighted by Gasteiger charge is 2.45. The van der Waals surface area contributed by atoms with E-state index in [1.54, 1.807) is 0 Å². The third-order valence-electron chi connectivity index (χ3n) is 4.62. The lowest BCUT2D eigenvalue weighted by Crippen LogP contribution is -2.39. The molecule has 114 valence electrons. The smallest absolute Gasteiger partial charge is 0.232 e. The summed E-state index contributed by atoms with van der Waals surface area (Å²) in [5, 5.41) is 11.4. The van der Waals surface area contributed by atoms with Crippen molar-refractivity contribution in [3.05, 3.63) is 46.0 Å². The van der Waals surface area contributed by atoms with Crippen LogP contribution in [0.2, 0.25) is 0 Å². The summed E-state index contributed by atoms with van der Waals surface area (Å²) >= 11 is 0. The summed E-state index contributed by atoms with van der Waals surface area (Å²) in [6.45, 7) is 2.84. The summed E-state index contributed by atoms with van der Waals surface area (Å²) in [5.41, 5.74) is 1.21. The van der Waals surface area contributed by atoms with E-state index in [0.29, 0.717) is 6.54 Å². The molecule has 3 atom stereocenters. The Kier molecular flexibility index (Phi) is 4.51. The van der Waals surface area contributed by atoms with Crippen LogP contribution in [0.15, 0.2) is 30.3 Å². The molecule has 5 heteroatoms. The average molecular weight is 290 g/mol. The fraction of sp³-hybridized carbons (Fsp3) is 0.625. The van der Waals surface area contributed by atoms with Crippen molar-refractivity contribution in [2.24, 2.45) is 5.92 Å². The molecule has 0 amide bonds. The van der Waals surface area contributed by atoms with Crippen LogP contribution in [-0.4, -0.2) is 41.7 Å². The van der Waals surface area contributed by atoms with E-state index in [-0.39, 0.29) is 16.9 Å². The van der Waals surface area contributed by atoms with Crippen molar-refractivity contribution in [2.45, 2.75) is 38.0 Å². The van der Waals surface area contributed by atoms with Crippen LogP contribution >= 0.6 is 0 Å². The Bertz CT molecular complexity index is 474. The highest BCUT2D eigenvalue weighted by Crippen LogP contribution is 2.30. The average Bonchev–Trinajstić information content (AvgIpc) is 2.93. The number of hydrogen-bond acceptors (Lipinski definition) is 4. The van der Waals surface area contributed by atoms with Crippen molar-refractivity contribution in [2.75, 3.05) is 19.7 Å². The van der Waals surface area contributed by atoms with E-state index in [1.165, 1.54) is 5.56 Å². The van der Waals surface area contributed by atoms with Crippen molar-refractivity contribution >= 4 is 0 Å². The van der Waals surface area contributed by atoms with Gasteiger partial charge in [-0.25, -0.2) is 0 Å². The van der Waals surface area contributed by atoms with Gasteiger partial charge in [-0.05, 0) is 24.8 Å². The van der Waals surface area contributed by atoms with Crippen LogP contribution < -0.4 is 0 Å². The topological polar surface area (TPSA) is 55.6 Å². The van der Waals surface area contributed by atoms with Crippen molar-refractivity contribution < 1.29 is 9.66 Å². The molecule has 0 aliphatic carbocycles. The van der Waals surface area contributed by atoms with Gasteiger partial charge in [-0.15, -0.1) is 0 Å². The van der Waals surface area contributed by atoms with Crippen molar-refractivity contribution in [3.63, 3.8) is 0 Å². The van der Waals surface area contributed by atoms with Crippen LogP contribution in [-0.2, 0) is 11.3 Å². The van der Waals surface area contributed by atoms with Crippen LogP contribution in [0.1, 0.15) is 24.8 Å². The monoisotopic (exact) mass is 290 g/mol. The predicted octanol–water partition coefficient (Wildman–Crippen LogP) is 2.33. The maximum absolute atomic E-state index is 11.4. The van der Waals surface area contributed by atoms with Crippen LogP contribution in [0.3, 0.4) is 0 Å². The number of likely N-dealkylation sites (tertiary alicyclic amines) is 1. The summed E-state index contributed by atoms with van der Waals surface area (Å²) in [6, 6.07) is 9.68. The zero-order chi connectivity index (χ0) is 14.7. The minimum Gasteiger partial charge on any atom is -0.378 e. The molecule has 1 aromatic rings. The molecule has 0 unspecified atom stereocenters. The summed E-state index contributed by atoms with van der Waals surface area (Å²) in [7, 11) is 0. The van der Waals surface area contributed by atoms with Gasteiger partial charge in [0.15, 0.2) is 0 Å². The van der Waals surface area contributed by atoms with Crippen molar-refractivity contribution in [1.82, 2.24) is 4.90 Å². The number of hydrogen-bond donors (Lipinski definition) is 0. The molecule has 0 N–H and O–H groups in total. The van der Waals surface area contributed by atoms with Gasteiger partial charge in [0.25, 0.3) is 0 Å². The Balaban J connectivity index is 1.67. The number of ether oxygens (including phenoxy) is 1. The summed E-state index contributed by atoms with van der Waals surface area (Å²) in [5.74, 6) is 0.0315. The molecule has 0 radical (unpaired) electrons. The Morgan fingerprint density at radius 2 is 2.05 bits per heavy atom. The largest absolute Gasteiger partial charge is 0.378 e. The first-order valence-electron chi connectivity index (χ1n) is 7.75. The van der Waals surface area contributed by atoms with Crippen molar-refractivity contribution in [1.29, 1.82) is 0 Å². The number of benzene rings is 1. The Morgan fingerprint density at radius 3 is 2.71 bits per heavy atom. The highest BCUT2D eigenvalue weighted by molar-refractivity contribution is 5.14. The van der Waals surface area contributed by atoms with E-state index >= 15 is 0 Å². The molecular formula is C16H22N2O3. The molecule has 2 aliphatic rings. The number of nitro groups is 1. The van der Waals surface area contributed by atoms with Crippen molar-refractivity contribution in [3.8, 4) is 0 Å². The quantitative estimate of drug-likeness (QED) is 0.631. The fourth-order valence-electron chi connectivity index (χ4n) is 3.56. The van der Waals surface area contributed by atoms with Gasteiger partial charge in [0.2, 0.25) is 6.04 Å². The highest BCUT2D eigenvalue weighted by atomic mass is 16.6. The van der Waals surface area contributed by atoms with Crippen LogP contribution in [0, 0.1) is 16.0 Å². The van der Waals surface area contributed by atoms with Gasteiger partial charge in [0, 0.05) is 24.6 Å². The SMILES string of the molecule is O=[N+]([O-])[C@@H]1CN(Cc2ccccc2)C[C@@H]1[C@H]1CCCCO1. The van der Waals surface area contributed by atoms with Crippen LogP contribution in [0.4, 0.5) is 0 Å². The number of rotatable bonds is 4. The molecule has 2 saturated heterocycles. The third-order valence-corrected chi connectivity index (χ3v) is 4.62. The molecule has 1 aromatic carbocycles. The lowest BCUT2D eigenvalue weighted by Gasteiger charge is -2.28. The lowest BCUT2D eigenvalue weighted by atomic mass is 9.92. The van der Waals surface area contributed by atoms with E-state index < -0.39 is 6.04 Å². The zero-order valence-corrected chi connectivity index (χ0v) is 12.2. The maximum Gasteiger partial charge on any atom is 0.232 e. The van der Waals surface area contributed by atoms with E-state index in [1.807, 2.05) is 18.2 Å². The van der Waals surface area contributed by atoms with Crippen LogP contribution in [0.25, 0.3) is 0 Å². The Hall–Kier alpha value is -1.46. The molecule has 0 bridgehead atoms. The molecule has 2 heterocycles. The molecule has 0 aromatic heterocycles. The normalized spacial score (nSPS) is 30.4. The molecule has 0 saturated carbocycles. The molecule has 5 nitrogen and oxygen atoms in total. The van der Waals surface area contributed by atoms with E-state index in [0.717, 1.165) is 39.0 Å². The van der Waals surface area contributed by atoms with E-state index in [4.69, 9.17) is 4.74 Å². The van der Waals surface area contributed by atoms with Gasteiger partial charge in [-0.2, -0.15) is 0 Å². The second-order valence-corrected chi connectivity index (χ2v) is 6.10. The van der Waals surface area contributed by atoms with Gasteiger partial charge in [-0.1, -0.05) is 30.3 Å². The van der Waals surface area contributed by atoms with E-state index in [2.05, 4.69) is 17.0 Å². The first-order valence-corrected chi connectivity index (χ1v) is 7.75. The molecular weight excluding hydrogens is 268 g/mol. The standard InChI is InChI=1S/C16H22N2O3/c19-18(20)15-12-17(10-13-6-2-1-3-7-13)11-14(15)16-8-4-5-9-21-16/h1-3,6-7,14-16H,4-5,8-12H2/t14-,15+,16+/m0/s1. The third kappa shape index (κ3) is 3.41. The molecule has 3 rings (SSSR count). The van der Waals surface area contributed by atoms with Gasteiger partial charge in [0.05, 0.1) is 18.6 Å². The zero-order valence-electron chi connectivity index (χ0n) is 12.2. The van der Waals surface area contributed by atoms with Crippen LogP contribution in [0.5, 0.6) is 0 Å².